The standard InChI is InChI=1S/C18H24F3N3O3.C18H23F3N2O4/c1-17(2,3)27-16(26)24-8-6-23(7-9-24)11-12-4-5-13(15(22)25)14(10-12)18(19,20)21;1-17(2,3)27-16(26)23-8-6-22(7-9-23)11-12-4-5-13(15(24)25)14(10-12)18(19,20)21/h4-5,10H,6-9,11H2,1-3H3,(H2,22,25);4-5,10H,6-9,11H2,1-3H3,(H,24,25). The van der Waals surface area contributed by atoms with E-state index in [1.807, 2.05) is 9.80 Å². The molecule has 3 N–H and O–H groups in total. The van der Waals surface area contributed by atoms with Crippen molar-refractivity contribution < 1.29 is 60.1 Å². The summed E-state index contributed by atoms with van der Waals surface area (Å²) in [5, 5.41) is 8.94. The van der Waals surface area contributed by atoms with Crippen molar-refractivity contribution in [2.75, 3.05) is 52.4 Å². The number of carbonyl (C=O) groups excluding carboxylic acids is 3. The highest BCUT2D eigenvalue weighted by atomic mass is 19.4. The van der Waals surface area contributed by atoms with Gasteiger partial charge in [0.1, 0.15) is 11.2 Å². The van der Waals surface area contributed by atoms with Crippen LogP contribution in [0, 0.1) is 0 Å². The zero-order valence-corrected chi connectivity index (χ0v) is 31.1. The van der Waals surface area contributed by atoms with E-state index < -0.39 is 69.9 Å². The number of carboxylic acid groups (broad SMARTS) is 1. The molecular formula is C36H47F6N5O7. The van der Waals surface area contributed by atoms with Crippen molar-refractivity contribution >= 4 is 24.1 Å². The number of rotatable bonds is 6. The van der Waals surface area contributed by atoms with E-state index in [4.69, 9.17) is 20.3 Å². The molecule has 2 heterocycles. The molecule has 0 aromatic heterocycles. The summed E-state index contributed by atoms with van der Waals surface area (Å²) in [5.41, 5.74) is 1.18. The predicted molar refractivity (Wildman–Crippen MR) is 185 cm³/mol. The summed E-state index contributed by atoms with van der Waals surface area (Å²) >= 11 is 0. The Kier molecular flexibility index (Phi) is 14.0. The molecule has 0 atom stereocenters. The Morgan fingerprint density at radius 3 is 1.24 bits per heavy atom. The van der Waals surface area contributed by atoms with Crippen LogP contribution in [0.4, 0.5) is 35.9 Å². The van der Waals surface area contributed by atoms with Gasteiger partial charge in [0.2, 0.25) is 5.91 Å². The molecule has 0 saturated carbocycles. The molecule has 18 heteroatoms. The Labute approximate surface area is 309 Å². The summed E-state index contributed by atoms with van der Waals surface area (Å²) in [6.07, 6.45) is -10.2. The van der Waals surface area contributed by atoms with E-state index in [-0.39, 0.29) is 13.1 Å². The van der Waals surface area contributed by atoms with E-state index in [9.17, 15) is 45.5 Å². The van der Waals surface area contributed by atoms with Gasteiger partial charge in [0.05, 0.1) is 22.3 Å². The fourth-order valence-electron chi connectivity index (χ4n) is 5.60. The van der Waals surface area contributed by atoms with Gasteiger partial charge in [0.25, 0.3) is 0 Å². The van der Waals surface area contributed by atoms with Gasteiger partial charge in [-0.15, -0.1) is 0 Å². The number of halogens is 6. The van der Waals surface area contributed by atoms with E-state index in [1.54, 1.807) is 51.3 Å². The minimum Gasteiger partial charge on any atom is -0.478 e. The van der Waals surface area contributed by atoms with Gasteiger partial charge < -0.3 is 30.1 Å². The molecule has 12 nitrogen and oxygen atoms in total. The summed E-state index contributed by atoms with van der Waals surface area (Å²) in [6, 6.07) is 6.79. The van der Waals surface area contributed by atoms with E-state index in [0.717, 1.165) is 24.3 Å². The van der Waals surface area contributed by atoms with Gasteiger partial charge in [0, 0.05) is 65.4 Å². The lowest BCUT2D eigenvalue weighted by atomic mass is 10.0. The Balaban J connectivity index is 0.000000290. The van der Waals surface area contributed by atoms with Crippen molar-refractivity contribution in [3.63, 3.8) is 0 Å². The molecule has 2 aromatic rings. The fourth-order valence-corrected chi connectivity index (χ4v) is 5.60. The van der Waals surface area contributed by atoms with Gasteiger partial charge in [-0.1, -0.05) is 12.1 Å². The molecule has 0 aliphatic carbocycles. The SMILES string of the molecule is CC(C)(C)OC(=O)N1CCN(Cc2ccc(C(=O)O)c(C(F)(F)F)c2)CC1.CC(C)(C)OC(=O)N1CCN(Cc2ccc(C(N)=O)c(C(F)(F)F)c2)CC1. The third kappa shape index (κ3) is 13.4. The average Bonchev–Trinajstić information content (AvgIpc) is 3.03. The number of hydrogen-bond acceptors (Lipinski definition) is 8. The Hall–Kier alpha value is -4.58. The lowest BCUT2D eigenvalue weighted by molar-refractivity contribution is -0.138. The number of alkyl halides is 6. The van der Waals surface area contributed by atoms with Gasteiger partial charge in [-0.05, 0) is 76.9 Å². The van der Waals surface area contributed by atoms with E-state index in [0.29, 0.717) is 63.5 Å². The zero-order valence-electron chi connectivity index (χ0n) is 31.1. The van der Waals surface area contributed by atoms with Crippen LogP contribution in [0.25, 0.3) is 0 Å². The van der Waals surface area contributed by atoms with Crippen LogP contribution in [0.15, 0.2) is 36.4 Å². The number of piperazine rings is 2. The highest BCUT2D eigenvalue weighted by Crippen LogP contribution is 2.34. The molecule has 0 spiro atoms. The highest BCUT2D eigenvalue weighted by Gasteiger charge is 2.37. The lowest BCUT2D eigenvalue weighted by Crippen LogP contribution is -2.49. The molecule has 3 amide bonds. The summed E-state index contributed by atoms with van der Waals surface area (Å²) in [5.74, 6) is -2.72. The Morgan fingerprint density at radius 2 is 0.944 bits per heavy atom. The van der Waals surface area contributed by atoms with Crippen LogP contribution in [-0.4, -0.2) is 112 Å². The summed E-state index contributed by atoms with van der Waals surface area (Å²) in [4.78, 5) is 53.3. The first kappa shape index (κ1) is 43.8. The quantitative estimate of drug-likeness (QED) is 0.323. The van der Waals surface area contributed by atoms with Crippen LogP contribution in [0.3, 0.4) is 0 Å². The first-order valence-corrected chi connectivity index (χ1v) is 17.1. The molecular weight excluding hydrogens is 728 g/mol. The molecule has 0 radical (unpaired) electrons. The number of carbonyl (C=O) groups is 4. The van der Waals surface area contributed by atoms with Crippen molar-refractivity contribution in [2.24, 2.45) is 5.73 Å². The van der Waals surface area contributed by atoms with Gasteiger partial charge in [-0.2, -0.15) is 26.3 Å². The maximum Gasteiger partial charge on any atom is 0.417 e. The molecule has 0 unspecified atom stereocenters. The predicted octanol–water partition coefficient (Wildman–Crippen LogP) is 6.31. The Morgan fingerprint density at radius 1 is 0.611 bits per heavy atom. The second kappa shape index (κ2) is 17.3. The third-order valence-corrected chi connectivity index (χ3v) is 8.13. The molecule has 2 aliphatic heterocycles. The van der Waals surface area contributed by atoms with Crippen LogP contribution in [-0.2, 0) is 34.9 Å². The summed E-state index contributed by atoms with van der Waals surface area (Å²) < 4.78 is 89.4. The topological polar surface area (TPSA) is 146 Å². The van der Waals surface area contributed by atoms with E-state index >= 15 is 0 Å². The van der Waals surface area contributed by atoms with Crippen LogP contribution in [0.1, 0.15) is 84.5 Å². The van der Waals surface area contributed by atoms with Crippen LogP contribution in [0.2, 0.25) is 0 Å². The normalized spacial score (nSPS) is 16.3. The van der Waals surface area contributed by atoms with Crippen LogP contribution >= 0.6 is 0 Å². The lowest BCUT2D eigenvalue weighted by Gasteiger charge is -2.35. The smallest absolute Gasteiger partial charge is 0.417 e. The van der Waals surface area contributed by atoms with E-state index in [2.05, 4.69) is 0 Å². The number of amides is 3. The Bertz CT molecular complexity index is 1530. The van der Waals surface area contributed by atoms with Crippen molar-refractivity contribution in [1.29, 1.82) is 0 Å². The highest BCUT2D eigenvalue weighted by molar-refractivity contribution is 5.94. The summed E-state index contributed by atoms with van der Waals surface area (Å²) in [7, 11) is 0. The van der Waals surface area contributed by atoms with Crippen molar-refractivity contribution in [3.05, 3.63) is 69.8 Å². The number of carboxylic acids is 1. The maximum atomic E-state index is 13.2. The number of benzene rings is 2. The third-order valence-electron chi connectivity index (χ3n) is 8.13. The summed E-state index contributed by atoms with van der Waals surface area (Å²) in [6.45, 7) is 14.9. The first-order valence-electron chi connectivity index (χ1n) is 17.1. The number of hydrogen-bond donors (Lipinski definition) is 2. The van der Waals surface area contributed by atoms with Gasteiger partial charge in [-0.3, -0.25) is 14.6 Å². The largest absolute Gasteiger partial charge is 0.478 e. The number of aromatic carboxylic acids is 1. The van der Waals surface area contributed by atoms with Gasteiger partial charge in [0.15, 0.2) is 0 Å². The molecule has 2 saturated heterocycles. The van der Waals surface area contributed by atoms with Gasteiger partial charge in [-0.25, -0.2) is 14.4 Å². The minimum absolute atomic E-state index is 0.241. The average molecular weight is 776 g/mol. The fraction of sp³-hybridized carbons (Fsp3) is 0.556. The second-order valence-corrected chi connectivity index (χ2v) is 14.9. The zero-order chi connectivity index (χ0) is 40.8. The molecule has 300 valence electrons. The monoisotopic (exact) mass is 775 g/mol. The molecule has 0 bridgehead atoms. The maximum absolute atomic E-state index is 13.2. The van der Waals surface area contributed by atoms with Crippen LogP contribution in [0.5, 0.6) is 0 Å². The molecule has 2 aliphatic rings. The molecule has 2 aromatic carbocycles. The molecule has 4 rings (SSSR count). The van der Waals surface area contributed by atoms with E-state index in [1.165, 1.54) is 12.1 Å². The molecule has 54 heavy (non-hydrogen) atoms. The van der Waals surface area contributed by atoms with Crippen molar-refractivity contribution in [3.8, 4) is 0 Å². The molecule has 2 fully saturated rings. The van der Waals surface area contributed by atoms with Gasteiger partial charge >= 0.3 is 30.5 Å². The number of primary amides is 1. The first-order chi connectivity index (χ1) is 24.7. The second-order valence-electron chi connectivity index (χ2n) is 14.9. The number of nitrogens with two attached hydrogens (primary N) is 1. The minimum atomic E-state index is -4.74. The van der Waals surface area contributed by atoms with Crippen molar-refractivity contribution in [1.82, 2.24) is 19.6 Å². The number of nitrogens with zero attached hydrogens (tertiary/aromatic N) is 4. The van der Waals surface area contributed by atoms with Crippen LogP contribution < -0.4 is 5.73 Å². The number of ether oxygens (including phenoxy) is 2. The van der Waals surface area contributed by atoms with Crippen molar-refractivity contribution in [2.45, 2.75) is 78.2 Å².